The van der Waals surface area contributed by atoms with E-state index in [4.69, 9.17) is 4.74 Å². The number of carbonyl (C=O) groups is 4. The number of hydrogen-bond acceptors (Lipinski definition) is 6. The normalized spacial score (nSPS) is 22.5. The molecule has 3 N–H and O–H groups in total. The van der Waals surface area contributed by atoms with Crippen LogP contribution in [0.2, 0.25) is 0 Å². The summed E-state index contributed by atoms with van der Waals surface area (Å²) in [5.74, 6) is -1.16. The average molecular weight is 632 g/mol. The molecule has 1 fully saturated rings. The smallest absolute Gasteiger partial charge is 0.247 e. The lowest BCUT2D eigenvalue weighted by molar-refractivity contribution is -0.145. The lowest BCUT2D eigenvalue weighted by atomic mass is 9.95. The highest BCUT2D eigenvalue weighted by molar-refractivity contribution is 5.96. The minimum atomic E-state index is -0.998. The maximum atomic E-state index is 14.4. The van der Waals surface area contributed by atoms with Gasteiger partial charge in [-0.25, -0.2) is 0 Å². The molecule has 0 aliphatic carbocycles. The van der Waals surface area contributed by atoms with Crippen molar-refractivity contribution in [1.29, 1.82) is 0 Å². The van der Waals surface area contributed by atoms with Gasteiger partial charge in [0.25, 0.3) is 0 Å². The van der Waals surface area contributed by atoms with E-state index < -0.39 is 36.2 Å². The number of likely N-dealkylation sites (N-methyl/N-ethyl adjacent to an activating group) is 1. The summed E-state index contributed by atoms with van der Waals surface area (Å²) in [6.07, 6.45) is 4.91. The molecule has 0 radical (unpaired) electrons. The lowest BCUT2D eigenvalue weighted by Crippen LogP contribution is -2.61. The van der Waals surface area contributed by atoms with E-state index in [1.165, 1.54) is 4.90 Å². The van der Waals surface area contributed by atoms with Crippen LogP contribution in [-0.2, 0) is 25.6 Å². The Bertz CT molecular complexity index is 1380. The number of rotatable bonds is 10. The number of benzene rings is 2. The number of fused-ring (bicyclic) bond motifs is 7. The second kappa shape index (κ2) is 15.9. The zero-order valence-corrected chi connectivity index (χ0v) is 27.9. The number of carbonyl (C=O) groups excluding carboxylic acids is 4. The number of nitrogens with zero attached hydrogens (tertiary/aromatic N) is 2. The van der Waals surface area contributed by atoms with E-state index >= 15 is 0 Å². The first-order valence-electron chi connectivity index (χ1n) is 16.4. The molecule has 0 saturated carbocycles. The van der Waals surface area contributed by atoms with E-state index in [0.29, 0.717) is 31.4 Å². The molecule has 0 unspecified atom stereocenters. The van der Waals surface area contributed by atoms with Crippen molar-refractivity contribution in [3.05, 3.63) is 71.9 Å². The van der Waals surface area contributed by atoms with Crippen LogP contribution in [0.3, 0.4) is 0 Å². The van der Waals surface area contributed by atoms with E-state index in [9.17, 15) is 19.2 Å². The number of ether oxygens (including phenoxy) is 1. The molecule has 3 aliphatic rings. The van der Waals surface area contributed by atoms with Crippen molar-refractivity contribution in [2.75, 3.05) is 20.6 Å². The van der Waals surface area contributed by atoms with E-state index in [2.05, 4.69) is 16.0 Å². The highest BCUT2D eigenvalue weighted by Crippen LogP contribution is 2.28. The van der Waals surface area contributed by atoms with Crippen molar-refractivity contribution < 1.29 is 23.9 Å². The standard InChI is InChI=1S/C36H49N5O5/c1-7-23(3)30-34(43)37-20-18-25-14-16-27(17-15-25)46-29-19-21-41(32(29)35(44)38-30)36(45)31(24(4)8-2)39-33(42)28(40(5)6)22-26-12-10-9-11-13-26/h9-18,20,23-24,28-32H,7-8,19,21-22H2,1-6H3,(H,37,43)(H,38,44)(H,39,42)/t23-,24+,28-,29+,30-,31+,32+/m0/s1. The summed E-state index contributed by atoms with van der Waals surface area (Å²) in [5, 5.41) is 8.82. The molecule has 46 heavy (non-hydrogen) atoms. The molecule has 10 nitrogen and oxygen atoms in total. The van der Waals surface area contributed by atoms with Crippen LogP contribution in [0, 0.1) is 11.8 Å². The second-order valence-corrected chi connectivity index (χ2v) is 12.7. The van der Waals surface area contributed by atoms with Crippen LogP contribution in [0.4, 0.5) is 0 Å². The first kappa shape index (κ1) is 34.7. The van der Waals surface area contributed by atoms with Gasteiger partial charge in [0.2, 0.25) is 23.6 Å². The molecule has 7 atom stereocenters. The summed E-state index contributed by atoms with van der Waals surface area (Å²) < 4.78 is 6.35. The van der Waals surface area contributed by atoms with Gasteiger partial charge in [-0.2, -0.15) is 0 Å². The van der Waals surface area contributed by atoms with Crippen molar-refractivity contribution in [3.63, 3.8) is 0 Å². The summed E-state index contributed by atoms with van der Waals surface area (Å²) in [7, 11) is 3.70. The third kappa shape index (κ3) is 8.34. The number of amides is 4. The van der Waals surface area contributed by atoms with Crippen molar-refractivity contribution in [3.8, 4) is 5.75 Å². The molecule has 0 spiro atoms. The van der Waals surface area contributed by atoms with Gasteiger partial charge >= 0.3 is 0 Å². The van der Waals surface area contributed by atoms with Crippen LogP contribution < -0.4 is 20.7 Å². The molecule has 248 valence electrons. The van der Waals surface area contributed by atoms with Crippen molar-refractivity contribution in [1.82, 2.24) is 25.8 Å². The van der Waals surface area contributed by atoms with Gasteiger partial charge in [0, 0.05) is 19.2 Å². The Morgan fingerprint density at radius 2 is 1.70 bits per heavy atom. The minimum Gasteiger partial charge on any atom is -0.488 e. The molecule has 3 aliphatic heterocycles. The van der Waals surface area contributed by atoms with Gasteiger partial charge in [0.15, 0.2) is 0 Å². The number of hydrogen-bond donors (Lipinski definition) is 3. The summed E-state index contributed by atoms with van der Waals surface area (Å²) in [4.78, 5) is 59.0. The molecular weight excluding hydrogens is 582 g/mol. The van der Waals surface area contributed by atoms with Crippen molar-refractivity contribution >= 4 is 29.7 Å². The van der Waals surface area contributed by atoms with Gasteiger partial charge in [-0.3, -0.25) is 24.1 Å². The van der Waals surface area contributed by atoms with Crippen LogP contribution in [0.25, 0.3) is 6.08 Å². The number of likely N-dealkylation sites (tertiary alicyclic amines) is 1. The third-order valence-corrected chi connectivity index (χ3v) is 9.33. The molecule has 2 bridgehead atoms. The van der Waals surface area contributed by atoms with E-state index in [-0.39, 0.29) is 36.1 Å². The first-order chi connectivity index (χ1) is 22.0. The van der Waals surface area contributed by atoms with Crippen LogP contribution in [0.1, 0.15) is 58.1 Å². The van der Waals surface area contributed by atoms with Gasteiger partial charge in [-0.05, 0) is 61.7 Å². The predicted octanol–water partition coefficient (Wildman–Crippen LogP) is 3.37. The van der Waals surface area contributed by atoms with Crippen molar-refractivity contribution in [2.24, 2.45) is 11.8 Å². The Morgan fingerprint density at radius 3 is 2.33 bits per heavy atom. The van der Waals surface area contributed by atoms with Gasteiger partial charge in [0.05, 0.1) is 6.04 Å². The van der Waals surface area contributed by atoms with Gasteiger partial charge < -0.3 is 25.6 Å². The fourth-order valence-electron chi connectivity index (χ4n) is 5.99. The maximum absolute atomic E-state index is 14.4. The topological polar surface area (TPSA) is 120 Å². The average Bonchev–Trinajstić information content (AvgIpc) is 3.48. The summed E-state index contributed by atoms with van der Waals surface area (Å²) in [6.45, 7) is 8.04. The van der Waals surface area contributed by atoms with E-state index in [1.807, 2.05) is 101 Å². The maximum Gasteiger partial charge on any atom is 0.247 e. The largest absolute Gasteiger partial charge is 0.488 e. The Morgan fingerprint density at radius 1 is 1.00 bits per heavy atom. The minimum absolute atomic E-state index is 0.159. The van der Waals surface area contributed by atoms with Crippen LogP contribution in [0.15, 0.2) is 60.8 Å². The summed E-state index contributed by atoms with van der Waals surface area (Å²) in [5.41, 5.74) is 1.89. The zero-order chi connectivity index (χ0) is 33.4. The Labute approximate surface area is 272 Å². The van der Waals surface area contributed by atoms with Crippen molar-refractivity contribution in [2.45, 2.75) is 83.6 Å². The fraction of sp³-hybridized carbons (Fsp3) is 0.500. The Balaban J connectivity index is 1.64. The van der Waals surface area contributed by atoms with E-state index in [0.717, 1.165) is 11.1 Å². The van der Waals surface area contributed by atoms with Gasteiger partial charge in [-0.15, -0.1) is 0 Å². The molecule has 2 aromatic rings. The van der Waals surface area contributed by atoms with Gasteiger partial charge in [0.1, 0.15) is 30.0 Å². The molecule has 1 saturated heterocycles. The predicted molar refractivity (Wildman–Crippen MR) is 179 cm³/mol. The molecule has 4 amide bonds. The Kier molecular flexibility index (Phi) is 12.0. The lowest BCUT2D eigenvalue weighted by Gasteiger charge is -2.35. The zero-order valence-electron chi connectivity index (χ0n) is 27.9. The first-order valence-corrected chi connectivity index (χ1v) is 16.4. The molecular formula is C36H49N5O5. The monoisotopic (exact) mass is 631 g/mol. The molecule has 10 heteroatoms. The summed E-state index contributed by atoms with van der Waals surface area (Å²) in [6, 6.07) is 14.0. The molecule has 0 aromatic heterocycles. The highest BCUT2D eigenvalue weighted by atomic mass is 16.5. The van der Waals surface area contributed by atoms with Crippen LogP contribution >= 0.6 is 0 Å². The van der Waals surface area contributed by atoms with Crippen LogP contribution in [0.5, 0.6) is 5.75 Å². The highest BCUT2D eigenvalue weighted by Gasteiger charge is 2.47. The van der Waals surface area contributed by atoms with Crippen LogP contribution in [-0.4, -0.2) is 84.3 Å². The number of nitrogens with one attached hydrogen (secondary N) is 3. The Hall–Kier alpha value is -4.18. The van der Waals surface area contributed by atoms with E-state index in [1.54, 1.807) is 12.3 Å². The molecule has 5 rings (SSSR count). The fourth-order valence-corrected chi connectivity index (χ4v) is 5.99. The molecule has 3 heterocycles. The summed E-state index contributed by atoms with van der Waals surface area (Å²) >= 11 is 0. The quantitative estimate of drug-likeness (QED) is 0.370. The third-order valence-electron chi connectivity index (χ3n) is 9.33. The van der Waals surface area contributed by atoms with Gasteiger partial charge in [-0.1, -0.05) is 83.0 Å². The molecule has 2 aromatic carbocycles. The SMILES string of the molecule is CC[C@@H](C)[C@@H](NC(=O)[C@H](Cc1ccccc1)N(C)C)C(=O)N1CC[C@H]2Oc3ccc(cc3)C=CNC(=O)[C@H]([C@@H](C)CC)NC(=O)[C@@H]21. The second-order valence-electron chi connectivity index (χ2n) is 12.7.